The molecule has 1 unspecified atom stereocenters. The van der Waals surface area contributed by atoms with E-state index in [0.717, 1.165) is 42.0 Å². The van der Waals surface area contributed by atoms with Crippen LogP contribution in [-0.2, 0) is 20.8 Å². The topological polar surface area (TPSA) is 99.8 Å². The lowest BCUT2D eigenvalue weighted by atomic mass is 10.1. The van der Waals surface area contributed by atoms with Crippen molar-refractivity contribution < 1.29 is 19.1 Å². The number of ether oxygens (including phenoxy) is 1. The fraction of sp³-hybridized carbons (Fsp3) is 0.483. The SMILES string of the molecule is CCOc1ccccc1CCCNC(=O)CNC(=O)CN(C)C(=O)C(NC)C1CC1.Cc1ccc(Cl)cc1. The number of halogens is 1. The minimum atomic E-state index is -0.350. The van der Waals surface area contributed by atoms with Crippen molar-refractivity contribution >= 4 is 29.3 Å². The van der Waals surface area contributed by atoms with E-state index in [-0.39, 0.29) is 36.9 Å². The normalized spacial score (nSPS) is 13.0. The summed E-state index contributed by atoms with van der Waals surface area (Å²) in [5.41, 5.74) is 2.36. The molecule has 3 rings (SSSR count). The second-order valence-electron chi connectivity index (χ2n) is 9.36. The molecule has 0 spiro atoms. The number of hydrogen-bond donors (Lipinski definition) is 3. The van der Waals surface area contributed by atoms with Gasteiger partial charge in [0.1, 0.15) is 5.75 Å². The lowest BCUT2D eigenvalue weighted by Crippen LogP contribution is -2.49. The van der Waals surface area contributed by atoms with Crippen LogP contribution >= 0.6 is 11.6 Å². The molecule has 8 nitrogen and oxygen atoms in total. The van der Waals surface area contributed by atoms with Crippen LogP contribution in [-0.4, -0.2) is 69.0 Å². The van der Waals surface area contributed by atoms with Gasteiger partial charge in [-0.3, -0.25) is 14.4 Å². The van der Waals surface area contributed by atoms with E-state index in [1.54, 1.807) is 14.1 Å². The van der Waals surface area contributed by atoms with E-state index in [4.69, 9.17) is 16.3 Å². The number of likely N-dealkylation sites (N-methyl/N-ethyl adjacent to an activating group) is 2. The summed E-state index contributed by atoms with van der Waals surface area (Å²) in [6.07, 6.45) is 3.64. The van der Waals surface area contributed by atoms with Crippen LogP contribution in [0.5, 0.6) is 5.75 Å². The summed E-state index contributed by atoms with van der Waals surface area (Å²) in [7, 11) is 3.36. The third kappa shape index (κ3) is 11.5. The van der Waals surface area contributed by atoms with Crippen molar-refractivity contribution in [2.24, 2.45) is 5.92 Å². The number of carbonyl (C=O) groups is 3. The zero-order valence-electron chi connectivity index (χ0n) is 22.9. The van der Waals surface area contributed by atoms with Gasteiger partial charge in [0.05, 0.1) is 25.7 Å². The van der Waals surface area contributed by atoms with Gasteiger partial charge < -0.3 is 25.6 Å². The summed E-state index contributed by atoms with van der Waals surface area (Å²) in [6.45, 7) is 4.95. The predicted molar refractivity (Wildman–Crippen MR) is 151 cm³/mol. The van der Waals surface area contributed by atoms with Gasteiger partial charge in [-0.2, -0.15) is 0 Å². The zero-order chi connectivity index (χ0) is 27.9. The van der Waals surface area contributed by atoms with E-state index < -0.39 is 0 Å². The molecule has 38 heavy (non-hydrogen) atoms. The molecule has 1 fully saturated rings. The number of aryl methyl sites for hydroxylation is 2. The Labute approximate surface area is 231 Å². The van der Waals surface area contributed by atoms with E-state index in [2.05, 4.69) is 16.0 Å². The van der Waals surface area contributed by atoms with Crippen LogP contribution in [0.15, 0.2) is 48.5 Å². The Balaban J connectivity index is 0.000000538. The first-order chi connectivity index (χ1) is 18.2. The molecular weight excluding hydrogens is 504 g/mol. The Hall–Kier alpha value is -3.10. The average Bonchev–Trinajstić information content (AvgIpc) is 3.74. The number of para-hydroxylation sites is 1. The molecule has 3 amide bonds. The minimum Gasteiger partial charge on any atom is -0.494 e. The highest BCUT2D eigenvalue weighted by molar-refractivity contribution is 6.30. The second kappa shape index (κ2) is 16.7. The van der Waals surface area contributed by atoms with E-state index in [9.17, 15) is 14.4 Å². The van der Waals surface area contributed by atoms with Crippen LogP contribution in [0, 0.1) is 12.8 Å². The highest BCUT2D eigenvalue weighted by Crippen LogP contribution is 2.33. The number of nitrogens with one attached hydrogen (secondary N) is 3. The second-order valence-corrected chi connectivity index (χ2v) is 9.80. The Morgan fingerprint density at radius 3 is 2.34 bits per heavy atom. The summed E-state index contributed by atoms with van der Waals surface area (Å²) in [5.74, 6) is 0.546. The number of amides is 3. The third-order valence-corrected chi connectivity index (χ3v) is 6.35. The first-order valence-corrected chi connectivity index (χ1v) is 13.5. The fourth-order valence-electron chi connectivity index (χ4n) is 3.86. The third-order valence-electron chi connectivity index (χ3n) is 6.10. The monoisotopic (exact) mass is 544 g/mol. The molecule has 0 aromatic heterocycles. The van der Waals surface area contributed by atoms with E-state index in [1.807, 2.05) is 62.4 Å². The van der Waals surface area contributed by atoms with E-state index in [1.165, 1.54) is 10.5 Å². The molecule has 0 aliphatic heterocycles. The summed E-state index contributed by atoms with van der Waals surface area (Å²) in [5, 5.41) is 9.20. The molecule has 1 aliphatic rings. The maximum atomic E-state index is 12.4. The summed E-state index contributed by atoms with van der Waals surface area (Å²) in [4.78, 5) is 37.8. The number of rotatable bonds is 13. The van der Waals surface area contributed by atoms with Crippen molar-refractivity contribution in [1.82, 2.24) is 20.9 Å². The molecule has 1 saturated carbocycles. The van der Waals surface area contributed by atoms with Crippen molar-refractivity contribution in [3.8, 4) is 5.75 Å². The van der Waals surface area contributed by atoms with Crippen LogP contribution in [0.2, 0.25) is 5.02 Å². The van der Waals surface area contributed by atoms with Gasteiger partial charge in [-0.1, -0.05) is 47.5 Å². The zero-order valence-corrected chi connectivity index (χ0v) is 23.6. The molecule has 0 radical (unpaired) electrons. The van der Waals surface area contributed by atoms with Crippen molar-refractivity contribution in [2.45, 2.75) is 45.6 Å². The van der Waals surface area contributed by atoms with Crippen molar-refractivity contribution in [2.75, 3.05) is 40.3 Å². The van der Waals surface area contributed by atoms with E-state index >= 15 is 0 Å². The van der Waals surface area contributed by atoms with Gasteiger partial charge in [-0.15, -0.1) is 0 Å². The van der Waals surface area contributed by atoms with Crippen LogP contribution in [0.25, 0.3) is 0 Å². The highest BCUT2D eigenvalue weighted by Gasteiger charge is 2.36. The van der Waals surface area contributed by atoms with Gasteiger partial charge in [-0.05, 0) is 76.3 Å². The number of benzene rings is 2. The first-order valence-electron chi connectivity index (χ1n) is 13.1. The van der Waals surface area contributed by atoms with Gasteiger partial charge in [-0.25, -0.2) is 0 Å². The summed E-state index contributed by atoms with van der Waals surface area (Å²) < 4.78 is 5.60. The van der Waals surface area contributed by atoms with Crippen molar-refractivity contribution in [3.05, 3.63) is 64.7 Å². The molecule has 1 atom stereocenters. The largest absolute Gasteiger partial charge is 0.494 e. The number of hydrogen-bond acceptors (Lipinski definition) is 5. The van der Waals surface area contributed by atoms with E-state index in [0.29, 0.717) is 19.1 Å². The van der Waals surface area contributed by atoms with Gasteiger partial charge in [0.15, 0.2) is 0 Å². The smallest absolute Gasteiger partial charge is 0.240 e. The van der Waals surface area contributed by atoms with Gasteiger partial charge in [0, 0.05) is 18.6 Å². The molecule has 1 aliphatic carbocycles. The van der Waals surface area contributed by atoms with Crippen LogP contribution < -0.4 is 20.7 Å². The number of carbonyl (C=O) groups excluding carboxylic acids is 3. The Bertz CT molecular complexity index is 1010. The number of nitrogens with zero attached hydrogens (tertiary/aromatic N) is 1. The minimum absolute atomic E-state index is 0.0643. The molecule has 2 aromatic carbocycles. The van der Waals surface area contributed by atoms with Crippen LogP contribution in [0.4, 0.5) is 0 Å². The maximum absolute atomic E-state index is 12.4. The molecule has 0 bridgehead atoms. The average molecular weight is 545 g/mol. The molecule has 0 saturated heterocycles. The molecule has 0 heterocycles. The maximum Gasteiger partial charge on any atom is 0.240 e. The van der Waals surface area contributed by atoms with Crippen molar-refractivity contribution in [3.63, 3.8) is 0 Å². The molecule has 3 N–H and O–H groups in total. The van der Waals surface area contributed by atoms with Crippen LogP contribution in [0.1, 0.15) is 37.3 Å². The first kappa shape index (κ1) is 31.1. The molecule has 208 valence electrons. The summed E-state index contributed by atoms with van der Waals surface area (Å²) >= 11 is 5.61. The Kier molecular flexibility index (Phi) is 13.7. The van der Waals surface area contributed by atoms with Crippen molar-refractivity contribution in [1.29, 1.82) is 0 Å². The fourth-order valence-corrected chi connectivity index (χ4v) is 3.99. The quantitative estimate of drug-likeness (QED) is 0.336. The Morgan fingerprint density at radius 2 is 1.74 bits per heavy atom. The molecular formula is C29H41ClN4O4. The lowest BCUT2D eigenvalue weighted by Gasteiger charge is -2.23. The van der Waals surface area contributed by atoms with Gasteiger partial charge in [0.2, 0.25) is 17.7 Å². The molecule has 2 aromatic rings. The predicted octanol–water partition coefficient (Wildman–Crippen LogP) is 3.36. The summed E-state index contributed by atoms with van der Waals surface area (Å²) in [6, 6.07) is 15.4. The van der Waals surface area contributed by atoms with Crippen LogP contribution in [0.3, 0.4) is 0 Å². The van der Waals surface area contributed by atoms with Gasteiger partial charge in [0.25, 0.3) is 0 Å². The van der Waals surface area contributed by atoms with Gasteiger partial charge >= 0.3 is 0 Å². The molecule has 9 heteroatoms. The standard InChI is InChI=1S/C22H34N4O4.C7H7Cl/c1-4-30-18-10-6-5-8-16(18)9-7-13-24-19(27)14-25-20(28)15-26(3)22(29)21(23-2)17-11-12-17;1-6-2-4-7(8)5-3-6/h5-6,8,10,17,21,23H,4,7,9,11-15H2,1-3H3,(H,24,27)(H,25,28);2-5H,1H3. The highest BCUT2D eigenvalue weighted by atomic mass is 35.5. The Morgan fingerprint density at radius 1 is 1.05 bits per heavy atom. The lowest BCUT2D eigenvalue weighted by molar-refractivity contribution is -0.137.